The fraction of sp³-hybridized carbons (Fsp3) is 0.133. The number of amides is 1. The number of fused-ring (bicyclic) bond motifs is 2. The Hall–Kier alpha value is -2.20. The normalized spacial score (nSPS) is 13.2. The first kappa shape index (κ1) is 12.8. The molecular formula is C15H12ClNO3. The number of ether oxygens (including phenoxy) is 2. The van der Waals surface area contributed by atoms with E-state index in [4.69, 9.17) is 21.1 Å². The average Bonchev–Trinajstić information content (AvgIpc) is 2.54. The van der Waals surface area contributed by atoms with Crippen molar-refractivity contribution >= 4 is 23.2 Å². The molecule has 1 amide bonds. The van der Waals surface area contributed by atoms with E-state index >= 15 is 0 Å². The van der Waals surface area contributed by atoms with E-state index in [2.05, 4.69) is 0 Å². The maximum Gasteiger partial charge on any atom is 0.261 e. The second kappa shape index (κ2) is 4.72. The molecule has 0 atom stereocenters. The summed E-state index contributed by atoms with van der Waals surface area (Å²) in [5.41, 5.74) is 1.16. The molecule has 0 unspecified atom stereocenters. The Morgan fingerprint density at radius 3 is 2.70 bits per heavy atom. The SMILES string of the molecule is COc1ccc2c(c1)Oc1cc(Cl)ccc1C(=O)N2C. The van der Waals surface area contributed by atoms with E-state index in [0.29, 0.717) is 33.5 Å². The predicted molar refractivity (Wildman–Crippen MR) is 77.3 cm³/mol. The summed E-state index contributed by atoms with van der Waals surface area (Å²) in [5, 5.41) is 0.519. The zero-order valence-electron chi connectivity index (χ0n) is 11.0. The van der Waals surface area contributed by atoms with E-state index in [1.807, 2.05) is 0 Å². The summed E-state index contributed by atoms with van der Waals surface area (Å²) in [4.78, 5) is 14.0. The second-order valence-corrected chi connectivity index (χ2v) is 4.88. The minimum Gasteiger partial charge on any atom is -0.497 e. The summed E-state index contributed by atoms with van der Waals surface area (Å²) in [6.45, 7) is 0. The number of carbonyl (C=O) groups is 1. The quantitative estimate of drug-likeness (QED) is 0.803. The lowest BCUT2D eigenvalue weighted by molar-refractivity contribution is 0.0993. The van der Waals surface area contributed by atoms with Gasteiger partial charge in [-0.25, -0.2) is 0 Å². The van der Waals surface area contributed by atoms with E-state index in [9.17, 15) is 4.79 Å². The Bertz CT molecular complexity index is 700. The molecule has 0 spiro atoms. The summed E-state index contributed by atoms with van der Waals surface area (Å²) in [7, 11) is 3.29. The summed E-state index contributed by atoms with van der Waals surface area (Å²) in [5.74, 6) is 1.53. The summed E-state index contributed by atoms with van der Waals surface area (Å²) >= 11 is 5.97. The van der Waals surface area contributed by atoms with Crippen molar-refractivity contribution in [2.24, 2.45) is 0 Å². The van der Waals surface area contributed by atoms with Crippen molar-refractivity contribution in [1.82, 2.24) is 0 Å². The molecule has 0 saturated heterocycles. The van der Waals surface area contributed by atoms with Crippen molar-refractivity contribution < 1.29 is 14.3 Å². The lowest BCUT2D eigenvalue weighted by Crippen LogP contribution is -2.25. The van der Waals surface area contributed by atoms with Gasteiger partial charge in [0.05, 0.1) is 18.4 Å². The summed E-state index contributed by atoms with van der Waals surface area (Å²) < 4.78 is 11.0. The van der Waals surface area contributed by atoms with Gasteiger partial charge in [-0.1, -0.05) is 11.6 Å². The number of nitrogens with zero attached hydrogens (tertiary/aromatic N) is 1. The van der Waals surface area contributed by atoms with Gasteiger partial charge in [-0.05, 0) is 24.3 Å². The van der Waals surface area contributed by atoms with Gasteiger partial charge in [0, 0.05) is 24.2 Å². The van der Waals surface area contributed by atoms with Gasteiger partial charge < -0.3 is 14.4 Å². The van der Waals surface area contributed by atoms with Crippen molar-refractivity contribution in [2.75, 3.05) is 19.1 Å². The van der Waals surface area contributed by atoms with Crippen LogP contribution in [0.1, 0.15) is 10.4 Å². The number of benzene rings is 2. The van der Waals surface area contributed by atoms with E-state index in [-0.39, 0.29) is 5.91 Å². The van der Waals surface area contributed by atoms with Crippen LogP contribution < -0.4 is 14.4 Å². The summed E-state index contributed by atoms with van der Waals surface area (Å²) in [6, 6.07) is 10.3. The van der Waals surface area contributed by atoms with Gasteiger partial charge in [0.2, 0.25) is 0 Å². The van der Waals surface area contributed by atoms with Crippen LogP contribution in [0.4, 0.5) is 5.69 Å². The number of hydrogen-bond acceptors (Lipinski definition) is 3. The number of halogens is 1. The molecule has 0 aromatic heterocycles. The molecule has 2 aromatic rings. The maximum atomic E-state index is 12.4. The highest BCUT2D eigenvalue weighted by Crippen LogP contribution is 2.40. The molecule has 1 heterocycles. The van der Waals surface area contributed by atoms with Crippen molar-refractivity contribution in [1.29, 1.82) is 0 Å². The largest absolute Gasteiger partial charge is 0.497 e. The third kappa shape index (κ3) is 1.98. The van der Waals surface area contributed by atoms with Crippen molar-refractivity contribution in [3.63, 3.8) is 0 Å². The Labute approximate surface area is 121 Å². The first-order valence-corrected chi connectivity index (χ1v) is 6.41. The van der Waals surface area contributed by atoms with Crippen LogP contribution in [0.2, 0.25) is 5.02 Å². The molecule has 0 saturated carbocycles. The van der Waals surface area contributed by atoms with Crippen molar-refractivity contribution in [3.8, 4) is 17.2 Å². The number of anilines is 1. The molecule has 0 fully saturated rings. The smallest absolute Gasteiger partial charge is 0.261 e. The number of carbonyl (C=O) groups excluding carboxylic acids is 1. The van der Waals surface area contributed by atoms with Crippen LogP contribution in [0, 0.1) is 0 Å². The van der Waals surface area contributed by atoms with Gasteiger partial charge in [-0.3, -0.25) is 4.79 Å². The van der Waals surface area contributed by atoms with Crippen LogP contribution in [0.25, 0.3) is 0 Å². The van der Waals surface area contributed by atoms with E-state index in [1.165, 1.54) is 0 Å². The molecule has 5 heteroatoms. The highest BCUT2D eigenvalue weighted by molar-refractivity contribution is 6.31. The molecule has 3 rings (SSSR count). The Kier molecular flexibility index (Phi) is 3.03. The summed E-state index contributed by atoms with van der Waals surface area (Å²) in [6.07, 6.45) is 0. The van der Waals surface area contributed by atoms with Gasteiger partial charge in [-0.15, -0.1) is 0 Å². The van der Waals surface area contributed by atoms with E-state index in [0.717, 1.165) is 0 Å². The molecule has 102 valence electrons. The fourth-order valence-electron chi connectivity index (χ4n) is 2.15. The number of hydrogen-bond donors (Lipinski definition) is 0. The zero-order chi connectivity index (χ0) is 14.3. The Morgan fingerprint density at radius 1 is 1.15 bits per heavy atom. The molecule has 1 aliphatic rings. The molecule has 2 aromatic carbocycles. The van der Waals surface area contributed by atoms with Crippen LogP contribution in [-0.2, 0) is 0 Å². The monoisotopic (exact) mass is 289 g/mol. The molecule has 1 aliphatic heterocycles. The first-order chi connectivity index (χ1) is 9.60. The van der Waals surface area contributed by atoms with Gasteiger partial charge in [0.25, 0.3) is 5.91 Å². The fourth-order valence-corrected chi connectivity index (χ4v) is 2.31. The third-order valence-corrected chi connectivity index (χ3v) is 3.46. The van der Waals surface area contributed by atoms with Crippen LogP contribution in [0.5, 0.6) is 17.2 Å². The Morgan fingerprint density at radius 2 is 1.95 bits per heavy atom. The number of rotatable bonds is 1. The number of methoxy groups -OCH3 is 1. The highest BCUT2D eigenvalue weighted by atomic mass is 35.5. The maximum absolute atomic E-state index is 12.4. The lowest BCUT2D eigenvalue weighted by Gasteiger charge is -2.16. The second-order valence-electron chi connectivity index (χ2n) is 4.44. The molecule has 0 N–H and O–H groups in total. The lowest BCUT2D eigenvalue weighted by atomic mass is 10.2. The van der Waals surface area contributed by atoms with Crippen LogP contribution in [-0.4, -0.2) is 20.1 Å². The van der Waals surface area contributed by atoms with Crippen LogP contribution >= 0.6 is 11.6 Å². The van der Waals surface area contributed by atoms with E-state index in [1.54, 1.807) is 55.5 Å². The molecule has 0 radical (unpaired) electrons. The minimum atomic E-state index is -0.138. The van der Waals surface area contributed by atoms with Crippen LogP contribution in [0.3, 0.4) is 0 Å². The van der Waals surface area contributed by atoms with E-state index < -0.39 is 0 Å². The van der Waals surface area contributed by atoms with Crippen LogP contribution in [0.15, 0.2) is 36.4 Å². The standard InChI is InChI=1S/C15H12ClNO3/c1-17-12-6-4-10(19-2)8-14(12)20-13-7-9(16)3-5-11(13)15(17)18/h3-8H,1-2H3. The molecule has 20 heavy (non-hydrogen) atoms. The van der Waals surface area contributed by atoms with Gasteiger partial charge >= 0.3 is 0 Å². The molecule has 0 aliphatic carbocycles. The highest BCUT2D eigenvalue weighted by Gasteiger charge is 2.26. The van der Waals surface area contributed by atoms with Gasteiger partial charge in [0.15, 0.2) is 5.75 Å². The van der Waals surface area contributed by atoms with Gasteiger partial charge in [0.1, 0.15) is 11.5 Å². The topological polar surface area (TPSA) is 38.8 Å². The molecule has 0 bridgehead atoms. The molecule has 4 nitrogen and oxygen atoms in total. The van der Waals surface area contributed by atoms with Crippen molar-refractivity contribution in [2.45, 2.75) is 0 Å². The first-order valence-electron chi connectivity index (χ1n) is 6.03. The average molecular weight is 290 g/mol. The minimum absolute atomic E-state index is 0.138. The molecular weight excluding hydrogens is 278 g/mol. The van der Waals surface area contributed by atoms with Crippen molar-refractivity contribution in [3.05, 3.63) is 47.0 Å². The van der Waals surface area contributed by atoms with Gasteiger partial charge in [-0.2, -0.15) is 0 Å². The third-order valence-electron chi connectivity index (χ3n) is 3.23. The Balaban J connectivity index is 2.20. The predicted octanol–water partition coefficient (Wildman–Crippen LogP) is 3.73. The zero-order valence-corrected chi connectivity index (χ0v) is 11.8.